The molecule has 0 spiro atoms. The third-order valence-corrected chi connectivity index (χ3v) is 6.08. The van der Waals surface area contributed by atoms with Gasteiger partial charge < -0.3 is 4.74 Å². The van der Waals surface area contributed by atoms with E-state index in [1.165, 1.54) is 27.5 Å². The van der Waals surface area contributed by atoms with Crippen LogP contribution in [0.1, 0.15) is 50.5 Å². The molecule has 31 heavy (non-hydrogen) atoms. The van der Waals surface area contributed by atoms with Crippen molar-refractivity contribution in [3.05, 3.63) is 79.5 Å². The number of esters is 1. The molecule has 0 aliphatic heterocycles. The average molecular weight is 438 g/mol. The van der Waals surface area contributed by atoms with Gasteiger partial charge in [0, 0.05) is 6.07 Å². The van der Waals surface area contributed by atoms with Gasteiger partial charge in [-0.05, 0) is 32.8 Å². The molecule has 3 heterocycles. The molecule has 0 aliphatic rings. The number of rotatable bonds is 6. The highest BCUT2D eigenvalue weighted by Crippen LogP contribution is 2.18. The zero-order valence-electron chi connectivity index (χ0n) is 17.9. The zero-order chi connectivity index (χ0) is 22.1. The molecule has 4 rings (SSSR count). The minimum atomic E-state index is -0.481. The number of hydrogen-bond acceptors (Lipinski definition) is 7. The van der Waals surface area contributed by atoms with Crippen molar-refractivity contribution in [3.63, 3.8) is 0 Å². The Morgan fingerprint density at radius 3 is 2.58 bits per heavy atom. The van der Waals surface area contributed by atoms with Crippen molar-refractivity contribution in [2.45, 2.75) is 47.3 Å². The van der Waals surface area contributed by atoms with Crippen LogP contribution in [0.15, 0.2) is 35.1 Å². The van der Waals surface area contributed by atoms with Crippen LogP contribution in [0.5, 0.6) is 0 Å². The molecule has 0 atom stereocenters. The molecule has 0 fully saturated rings. The number of benzene rings is 1. The fourth-order valence-electron chi connectivity index (χ4n) is 3.34. The lowest BCUT2D eigenvalue weighted by Crippen LogP contribution is -2.17. The number of carbonyl (C=O) groups excluding carboxylic acids is 1. The Hall–Kier alpha value is -3.33. The highest BCUT2D eigenvalue weighted by atomic mass is 32.1. The summed E-state index contributed by atoms with van der Waals surface area (Å²) in [5.74, 6) is -0.481. The molecule has 0 unspecified atom stereocenters. The lowest BCUT2D eigenvalue weighted by Gasteiger charge is -2.07. The largest absolute Gasteiger partial charge is 0.455 e. The summed E-state index contributed by atoms with van der Waals surface area (Å²) in [4.78, 5) is 29.9. The molecule has 0 aliphatic carbocycles. The minimum absolute atomic E-state index is 0.0913. The van der Waals surface area contributed by atoms with Crippen molar-refractivity contribution < 1.29 is 9.53 Å². The monoisotopic (exact) mass is 437 g/mol. The predicted octanol–water partition coefficient (Wildman–Crippen LogP) is 3.24. The smallest absolute Gasteiger partial charge is 0.342 e. The SMILES string of the molecule is CCc1nn2c(=O)cc(COC(=O)c3c(C)nn(Cc4ccc(C)cc4)c3C)nc2s1. The first kappa shape index (κ1) is 20.9. The zero-order valence-corrected chi connectivity index (χ0v) is 18.7. The van der Waals surface area contributed by atoms with Crippen LogP contribution >= 0.6 is 11.3 Å². The van der Waals surface area contributed by atoms with Crippen LogP contribution in [0.4, 0.5) is 0 Å². The van der Waals surface area contributed by atoms with Gasteiger partial charge in [0.2, 0.25) is 4.96 Å². The lowest BCUT2D eigenvalue weighted by molar-refractivity contribution is 0.0466. The van der Waals surface area contributed by atoms with Gasteiger partial charge in [-0.1, -0.05) is 48.1 Å². The lowest BCUT2D eigenvalue weighted by atomic mass is 10.1. The van der Waals surface area contributed by atoms with E-state index >= 15 is 0 Å². The highest BCUT2D eigenvalue weighted by Gasteiger charge is 2.21. The van der Waals surface area contributed by atoms with Crippen molar-refractivity contribution in [1.82, 2.24) is 24.4 Å². The number of aromatic nitrogens is 5. The number of aryl methyl sites for hydroxylation is 3. The number of hydrogen-bond donors (Lipinski definition) is 0. The van der Waals surface area contributed by atoms with Gasteiger partial charge in [0.05, 0.1) is 23.6 Å². The fourth-order valence-corrected chi connectivity index (χ4v) is 4.19. The van der Waals surface area contributed by atoms with E-state index in [0.717, 1.165) is 22.7 Å². The van der Waals surface area contributed by atoms with Crippen molar-refractivity contribution in [1.29, 1.82) is 0 Å². The van der Waals surface area contributed by atoms with E-state index < -0.39 is 5.97 Å². The maximum absolute atomic E-state index is 12.8. The number of fused-ring (bicyclic) bond motifs is 1. The van der Waals surface area contributed by atoms with E-state index in [-0.39, 0.29) is 12.2 Å². The van der Waals surface area contributed by atoms with Crippen LogP contribution in [0.2, 0.25) is 0 Å². The average Bonchev–Trinajstić information content (AvgIpc) is 3.28. The van der Waals surface area contributed by atoms with Gasteiger partial charge >= 0.3 is 5.97 Å². The van der Waals surface area contributed by atoms with Crippen molar-refractivity contribution >= 4 is 22.3 Å². The van der Waals surface area contributed by atoms with E-state index in [4.69, 9.17) is 4.74 Å². The summed E-state index contributed by atoms with van der Waals surface area (Å²) in [7, 11) is 0. The number of carbonyl (C=O) groups is 1. The molecular weight excluding hydrogens is 414 g/mol. The van der Waals surface area contributed by atoms with Crippen LogP contribution in [0, 0.1) is 20.8 Å². The second-order valence-electron chi connectivity index (χ2n) is 7.39. The van der Waals surface area contributed by atoms with Gasteiger partial charge in [-0.25, -0.2) is 9.78 Å². The van der Waals surface area contributed by atoms with Gasteiger partial charge in [-0.2, -0.15) is 14.7 Å². The Labute approximate surface area is 183 Å². The molecule has 0 radical (unpaired) electrons. The predicted molar refractivity (Wildman–Crippen MR) is 118 cm³/mol. The number of nitrogens with zero attached hydrogens (tertiary/aromatic N) is 5. The van der Waals surface area contributed by atoms with Crippen LogP contribution < -0.4 is 5.56 Å². The minimum Gasteiger partial charge on any atom is -0.455 e. The standard InChI is InChI=1S/C22H23N5O3S/c1-5-18-25-27-19(28)10-17(23-22(27)31-18)12-30-21(29)20-14(3)24-26(15(20)4)11-16-8-6-13(2)7-9-16/h6-10H,5,11-12H2,1-4H3. The summed E-state index contributed by atoms with van der Waals surface area (Å²) in [5, 5.41) is 9.56. The molecule has 0 bridgehead atoms. The van der Waals surface area contributed by atoms with Crippen molar-refractivity contribution in [2.75, 3.05) is 0 Å². The van der Waals surface area contributed by atoms with Gasteiger partial charge in [-0.15, -0.1) is 0 Å². The molecule has 0 amide bonds. The number of ether oxygens (including phenoxy) is 1. The van der Waals surface area contributed by atoms with Crippen LogP contribution in [-0.2, 0) is 24.3 Å². The first-order chi connectivity index (χ1) is 14.9. The highest BCUT2D eigenvalue weighted by molar-refractivity contribution is 7.16. The van der Waals surface area contributed by atoms with Crippen LogP contribution in [0.3, 0.4) is 0 Å². The van der Waals surface area contributed by atoms with Gasteiger partial charge in [0.25, 0.3) is 5.56 Å². The second kappa shape index (κ2) is 8.43. The van der Waals surface area contributed by atoms with E-state index in [0.29, 0.717) is 28.5 Å². The Kier molecular flexibility index (Phi) is 5.69. The fraction of sp³-hybridized carbons (Fsp3) is 0.318. The maximum atomic E-state index is 12.8. The summed E-state index contributed by atoms with van der Waals surface area (Å²) < 4.78 is 8.55. The Morgan fingerprint density at radius 1 is 1.13 bits per heavy atom. The van der Waals surface area contributed by atoms with Crippen LogP contribution in [-0.4, -0.2) is 30.3 Å². The molecular formula is C22H23N5O3S. The van der Waals surface area contributed by atoms with E-state index in [1.807, 2.05) is 32.9 Å². The van der Waals surface area contributed by atoms with Crippen molar-refractivity contribution in [3.8, 4) is 0 Å². The molecule has 9 heteroatoms. The van der Waals surface area contributed by atoms with E-state index in [1.54, 1.807) is 11.6 Å². The summed E-state index contributed by atoms with van der Waals surface area (Å²) in [6.45, 7) is 8.13. The normalized spacial score (nSPS) is 11.2. The molecule has 8 nitrogen and oxygen atoms in total. The van der Waals surface area contributed by atoms with E-state index in [2.05, 4.69) is 27.3 Å². The van der Waals surface area contributed by atoms with Crippen LogP contribution in [0.25, 0.3) is 4.96 Å². The molecule has 160 valence electrons. The summed E-state index contributed by atoms with van der Waals surface area (Å²) in [6, 6.07) is 9.55. The summed E-state index contributed by atoms with van der Waals surface area (Å²) >= 11 is 1.35. The Bertz CT molecular complexity index is 1320. The molecule has 0 saturated carbocycles. The third-order valence-electron chi connectivity index (χ3n) is 5.03. The quantitative estimate of drug-likeness (QED) is 0.430. The molecule has 1 aromatic carbocycles. The van der Waals surface area contributed by atoms with Gasteiger partial charge in [0.15, 0.2) is 0 Å². The topological polar surface area (TPSA) is 91.4 Å². The van der Waals surface area contributed by atoms with Crippen molar-refractivity contribution in [2.24, 2.45) is 0 Å². The summed E-state index contributed by atoms with van der Waals surface area (Å²) in [5.41, 5.74) is 4.19. The maximum Gasteiger partial charge on any atom is 0.342 e. The first-order valence-corrected chi connectivity index (χ1v) is 10.8. The third kappa shape index (κ3) is 4.27. The Morgan fingerprint density at radius 2 is 1.87 bits per heavy atom. The molecule has 3 aromatic heterocycles. The first-order valence-electron chi connectivity index (χ1n) is 10.0. The second-order valence-corrected chi connectivity index (χ2v) is 8.44. The van der Waals surface area contributed by atoms with E-state index in [9.17, 15) is 9.59 Å². The molecule has 4 aromatic rings. The van der Waals surface area contributed by atoms with Gasteiger partial charge in [-0.3, -0.25) is 9.48 Å². The van der Waals surface area contributed by atoms with Gasteiger partial charge in [0.1, 0.15) is 17.2 Å². The molecule has 0 saturated heterocycles. The summed E-state index contributed by atoms with van der Waals surface area (Å²) in [6.07, 6.45) is 0.725. The Balaban J connectivity index is 1.51. The molecule has 0 N–H and O–H groups in total.